The minimum absolute atomic E-state index is 0.0355. The summed E-state index contributed by atoms with van der Waals surface area (Å²) in [6.07, 6.45) is 0. The van der Waals surface area contributed by atoms with Gasteiger partial charge in [0.15, 0.2) is 11.4 Å². The molecule has 0 saturated heterocycles. The molecule has 0 radical (unpaired) electrons. The van der Waals surface area contributed by atoms with Crippen molar-refractivity contribution in [3.63, 3.8) is 0 Å². The molecule has 0 aliphatic rings. The van der Waals surface area contributed by atoms with Crippen LogP contribution in [0.3, 0.4) is 0 Å². The van der Waals surface area contributed by atoms with Gasteiger partial charge in [0.2, 0.25) is 11.7 Å². The van der Waals surface area contributed by atoms with Crippen molar-refractivity contribution in [2.45, 2.75) is 26.9 Å². The number of rotatable bonds is 6. The van der Waals surface area contributed by atoms with E-state index in [-0.39, 0.29) is 40.6 Å². The first kappa shape index (κ1) is 19.7. The lowest BCUT2D eigenvalue weighted by Crippen LogP contribution is -2.25. The quantitative estimate of drug-likeness (QED) is 0.653. The molecule has 0 fully saturated rings. The van der Waals surface area contributed by atoms with Gasteiger partial charge in [-0.05, 0) is 13.8 Å². The molecule has 28 heavy (non-hydrogen) atoms. The van der Waals surface area contributed by atoms with Crippen molar-refractivity contribution in [1.29, 1.82) is 0 Å². The Kier molecular flexibility index (Phi) is 5.32. The fourth-order valence-electron chi connectivity index (χ4n) is 3.15. The van der Waals surface area contributed by atoms with E-state index >= 15 is 0 Å². The molecule has 150 valence electrons. The number of hydrogen-bond donors (Lipinski definition) is 1. The summed E-state index contributed by atoms with van der Waals surface area (Å²) in [6.45, 7) is 4.13. The molecule has 0 aromatic carbocycles. The van der Waals surface area contributed by atoms with Gasteiger partial charge in [0.05, 0.1) is 39.3 Å². The monoisotopic (exact) mass is 408 g/mol. The molecule has 0 aliphatic heterocycles. The van der Waals surface area contributed by atoms with E-state index in [0.29, 0.717) is 29.1 Å². The Morgan fingerprint density at radius 2 is 1.71 bits per heavy atom. The summed E-state index contributed by atoms with van der Waals surface area (Å²) in [5.41, 5.74) is 7.53. The lowest BCUT2D eigenvalue weighted by Gasteiger charge is -2.15. The lowest BCUT2D eigenvalue weighted by atomic mass is 10.3. The molecule has 0 atom stereocenters. The highest BCUT2D eigenvalue weighted by Gasteiger charge is 2.24. The Hall–Kier alpha value is -3.01. The van der Waals surface area contributed by atoms with E-state index in [1.54, 1.807) is 11.5 Å². The van der Waals surface area contributed by atoms with Crippen LogP contribution in [-0.2, 0) is 13.1 Å². The summed E-state index contributed by atoms with van der Waals surface area (Å²) < 4.78 is 18.9. The standard InChI is InChI=1S/C17H21ClN6O4/c1-6-23-11-8(2)20-16(19)22-14(11)24(17(23)25)7-9-10(18)12(26-3)13(27-4)15(21-9)28-5/h6-7H2,1-5H3,(H2,19,20,22). The Morgan fingerprint density at radius 3 is 2.29 bits per heavy atom. The summed E-state index contributed by atoms with van der Waals surface area (Å²) in [5.74, 6) is 0.806. The Balaban J connectivity index is 2.27. The Labute approximate surface area is 165 Å². The number of pyridine rings is 1. The van der Waals surface area contributed by atoms with Crippen LogP contribution < -0.4 is 25.6 Å². The predicted molar refractivity (Wildman–Crippen MR) is 105 cm³/mol. The van der Waals surface area contributed by atoms with Crippen LogP contribution in [0.15, 0.2) is 4.79 Å². The second-order valence-electron chi connectivity index (χ2n) is 5.90. The number of ether oxygens (including phenoxy) is 3. The van der Waals surface area contributed by atoms with Gasteiger partial charge in [0, 0.05) is 6.54 Å². The van der Waals surface area contributed by atoms with Crippen molar-refractivity contribution < 1.29 is 14.2 Å². The zero-order valence-electron chi connectivity index (χ0n) is 16.2. The zero-order valence-corrected chi connectivity index (χ0v) is 17.0. The molecular weight excluding hydrogens is 388 g/mol. The molecular formula is C17H21ClN6O4. The number of nitrogen functional groups attached to an aromatic ring is 1. The van der Waals surface area contributed by atoms with Crippen LogP contribution in [0.4, 0.5) is 5.95 Å². The number of imidazole rings is 1. The third kappa shape index (κ3) is 2.99. The van der Waals surface area contributed by atoms with Crippen LogP contribution in [0.1, 0.15) is 18.3 Å². The van der Waals surface area contributed by atoms with Crippen molar-refractivity contribution in [3.8, 4) is 17.4 Å². The van der Waals surface area contributed by atoms with Crippen LogP contribution in [0.5, 0.6) is 17.4 Å². The van der Waals surface area contributed by atoms with Gasteiger partial charge in [-0.15, -0.1) is 0 Å². The lowest BCUT2D eigenvalue weighted by molar-refractivity contribution is 0.314. The SMILES string of the molecule is CCn1c(=O)n(Cc2nc(OC)c(OC)c(OC)c2Cl)c2nc(N)nc(C)c21. The third-order valence-electron chi connectivity index (χ3n) is 4.36. The van der Waals surface area contributed by atoms with Crippen LogP contribution in [0.25, 0.3) is 11.2 Å². The maximum absolute atomic E-state index is 13.0. The second-order valence-corrected chi connectivity index (χ2v) is 6.28. The first-order valence-electron chi connectivity index (χ1n) is 8.45. The van der Waals surface area contributed by atoms with E-state index < -0.39 is 0 Å². The summed E-state index contributed by atoms with van der Waals surface area (Å²) in [7, 11) is 4.37. The fraction of sp³-hybridized carbons (Fsp3) is 0.412. The molecule has 0 amide bonds. The van der Waals surface area contributed by atoms with Crippen molar-refractivity contribution in [2.24, 2.45) is 0 Å². The first-order valence-corrected chi connectivity index (χ1v) is 8.83. The number of nitrogens with zero attached hydrogens (tertiary/aromatic N) is 5. The van der Waals surface area contributed by atoms with Crippen LogP contribution >= 0.6 is 11.6 Å². The number of methoxy groups -OCH3 is 3. The van der Waals surface area contributed by atoms with Crippen molar-refractivity contribution in [1.82, 2.24) is 24.1 Å². The number of fused-ring (bicyclic) bond motifs is 1. The predicted octanol–water partition coefficient (Wildman–Crippen LogP) is 1.63. The van der Waals surface area contributed by atoms with Gasteiger partial charge in [-0.2, -0.15) is 4.98 Å². The average molecular weight is 409 g/mol. The van der Waals surface area contributed by atoms with E-state index in [2.05, 4.69) is 15.0 Å². The molecule has 2 N–H and O–H groups in total. The average Bonchev–Trinajstić information content (AvgIpc) is 2.94. The maximum Gasteiger partial charge on any atom is 0.330 e. The highest BCUT2D eigenvalue weighted by molar-refractivity contribution is 6.33. The van der Waals surface area contributed by atoms with Crippen molar-refractivity contribution in [2.75, 3.05) is 27.1 Å². The second kappa shape index (κ2) is 7.55. The molecule has 0 aliphatic carbocycles. The van der Waals surface area contributed by atoms with Crippen LogP contribution in [-0.4, -0.2) is 45.4 Å². The van der Waals surface area contributed by atoms with Gasteiger partial charge in [0.1, 0.15) is 10.5 Å². The van der Waals surface area contributed by atoms with Crippen LogP contribution in [0.2, 0.25) is 5.02 Å². The van der Waals surface area contributed by atoms with Crippen molar-refractivity contribution >= 4 is 28.7 Å². The molecule has 3 heterocycles. The van der Waals surface area contributed by atoms with E-state index in [1.165, 1.54) is 25.9 Å². The normalized spacial score (nSPS) is 11.1. The molecule has 0 bridgehead atoms. The van der Waals surface area contributed by atoms with Gasteiger partial charge in [-0.3, -0.25) is 9.13 Å². The number of nitrogens with two attached hydrogens (primary N) is 1. The maximum atomic E-state index is 13.0. The number of halogens is 1. The largest absolute Gasteiger partial charge is 0.491 e. The van der Waals surface area contributed by atoms with E-state index in [0.717, 1.165) is 0 Å². The highest BCUT2D eigenvalue weighted by atomic mass is 35.5. The Bertz CT molecular complexity index is 1110. The van der Waals surface area contributed by atoms with Gasteiger partial charge >= 0.3 is 5.69 Å². The molecule has 3 aromatic heterocycles. The van der Waals surface area contributed by atoms with Gasteiger partial charge in [-0.1, -0.05) is 11.6 Å². The Morgan fingerprint density at radius 1 is 1.04 bits per heavy atom. The number of anilines is 1. The molecule has 10 nitrogen and oxygen atoms in total. The van der Waals surface area contributed by atoms with Crippen molar-refractivity contribution in [3.05, 3.63) is 26.9 Å². The van der Waals surface area contributed by atoms with E-state index in [1.807, 2.05) is 6.92 Å². The minimum Gasteiger partial charge on any atom is -0.491 e. The molecule has 11 heteroatoms. The van der Waals surface area contributed by atoms with Gasteiger partial charge < -0.3 is 19.9 Å². The summed E-state index contributed by atoms with van der Waals surface area (Å²) in [6, 6.07) is 0. The molecule has 3 rings (SSSR count). The molecule has 0 unspecified atom stereocenters. The molecule has 3 aromatic rings. The number of aromatic nitrogens is 5. The van der Waals surface area contributed by atoms with Gasteiger partial charge in [0.25, 0.3) is 5.88 Å². The third-order valence-corrected chi connectivity index (χ3v) is 4.75. The first-order chi connectivity index (χ1) is 13.4. The van der Waals surface area contributed by atoms with E-state index in [4.69, 9.17) is 31.5 Å². The summed E-state index contributed by atoms with van der Waals surface area (Å²) in [4.78, 5) is 25.8. The van der Waals surface area contributed by atoms with Gasteiger partial charge in [-0.25, -0.2) is 14.8 Å². The zero-order chi connectivity index (χ0) is 20.6. The van der Waals surface area contributed by atoms with Crippen LogP contribution in [0, 0.1) is 6.92 Å². The minimum atomic E-state index is -0.271. The number of aryl methyl sites for hydroxylation is 2. The summed E-state index contributed by atoms with van der Waals surface area (Å²) >= 11 is 6.48. The summed E-state index contributed by atoms with van der Waals surface area (Å²) in [5, 5.41) is 0.211. The van der Waals surface area contributed by atoms with E-state index in [9.17, 15) is 4.79 Å². The highest BCUT2D eigenvalue weighted by Crippen LogP contribution is 2.42. The smallest absolute Gasteiger partial charge is 0.330 e. The topological polar surface area (TPSA) is 119 Å². The molecule has 0 spiro atoms. The fourth-order valence-corrected chi connectivity index (χ4v) is 3.42. The molecule has 0 saturated carbocycles. The number of hydrogen-bond acceptors (Lipinski definition) is 8.